The number of carbonyl (C=O) groups is 3. The Bertz CT molecular complexity index is 1590. The lowest BCUT2D eigenvalue weighted by Crippen LogP contribution is -2.35. The molecule has 3 aromatic carbocycles. The van der Waals surface area contributed by atoms with Crippen molar-refractivity contribution < 1.29 is 28.2 Å². The van der Waals surface area contributed by atoms with Crippen LogP contribution in [0.15, 0.2) is 72.9 Å². The first kappa shape index (κ1) is 26.9. The van der Waals surface area contributed by atoms with Gasteiger partial charge in [-0.2, -0.15) is 0 Å². The first-order valence-corrected chi connectivity index (χ1v) is 12.8. The highest BCUT2D eigenvalue weighted by molar-refractivity contribution is 6.29. The minimum absolute atomic E-state index is 0.196. The van der Waals surface area contributed by atoms with Gasteiger partial charge in [-0.1, -0.05) is 0 Å². The average molecular weight is 563 g/mol. The van der Waals surface area contributed by atoms with Gasteiger partial charge in [0.15, 0.2) is 0 Å². The summed E-state index contributed by atoms with van der Waals surface area (Å²) >= 11 is 5.60. The Hall–Kier alpha value is -4.70. The van der Waals surface area contributed by atoms with E-state index in [1.807, 2.05) is 0 Å². The lowest BCUT2D eigenvalue weighted by Gasteiger charge is -2.16. The molecule has 1 fully saturated rings. The van der Waals surface area contributed by atoms with E-state index in [1.54, 1.807) is 48.7 Å². The third-order valence-electron chi connectivity index (χ3n) is 6.48. The predicted octanol–water partition coefficient (Wildman–Crippen LogP) is 5.71. The van der Waals surface area contributed by atoms with E-state index in [0.717, 1.165) is 0 Å². The number of halogens is 2. The smallest absolute Gasteiger partial charge is 0.240 e. The first-order valence-electron chi connectivity index (χ1n) is 12.3. The summed E-state index contributed by atoms with van der Waals surface area (Å²) < 4.78 is 24.6. The Balaban J connectivity index is 1.27. The number of aromatic nitrogens is 1. The van der Waals surface area contributed by atoms with Crippen LogP contribution in [0.2, 0.25) is 0 Å². The van der Waals surface area contributed by atoms with E-state index in [4.69, 9.17) is 21.1 Å². The van der Waals surface area contributed by atoms with Gasteiger partial charge in [-0.3, -0.25) is 19.4 Å². The number of benzene rings is 3. The molecule has 1 aromatic heterocycles. The topological polar surface area (TPSA) is 119 Å². The molecule has 0 radical (unpaired) electrons. The molecule has 5 rings (SSSR count). The van der Waals surface area contributed by atoms with Gasteiger partial charge in [0.1, 0.15) is 34.4 Å². The van der Waals surface area contributed by atoms with Crippen molar-refractivity contribution in [3.63, 3.8) is 0 Å². The normalized spacial score (nSPS) is 13.3. The molecule has 9 nitrogen and oxygen atoms in total. The third kappa shape index (κ3) is 5.67. The number of methoxy groups -OCH3 is 1. The predicted molar refractivity (Wildman–Crippen MR) is 149 cm³/mol. The summed E-state index contributed by atoms with van der Waals surface area (Å²) in [5.74, 6) is -0.406. The van der Waals surface area contributed by atoms with E-state index in [-0.39, 0.29) is 11.8 Å². The van der Waals surface area contributed by atoms with E-state index in [2.05, 4.69) is 20.9 Å². The zero-order chi connectivity index (χ0) is 28.3. The van der Waals surface area contributed by atoms with Crippen molar-refractivity contribution in [1.82, 2.24) is 4.98 Å². The van der Waals surface area contributed by atoms with Gasteiger partial charge < -0.3 is 25.4 Å². The van der Waals surface area contributed by atoms with Crippen molar-refractivity contribution in [1.29, 1.82) is 0 Å². The van der Waals surface area contributed by atoms with Crippen LogP contribution >= 0.6 is 11.6 Å². The number of hydrogen-bond donors (Lipinski definition) is 3. The number of rotatable bonds is 9. The maximum absolute atomic E-state index is 13.1. The van der Waals surface area contributed by atoms with Crippen molar-refractivity contribution >= 4 is 57.3 Å². The molecule has 0 unspecified atom stereocenters. The van der Waals surface area contributed by atoms with Crippen LogP contribution < -0.4 is 25.4 Å². The van der Waals surface area contributed by atoms with Crippen LogP contribution in [0.5, 0.6) is 17.2 Å². The Labute approximate surface area is 233 Å². The third-order valence-corrected chi connectivity index (χ3v) is 6.72. The zero-order valence-electron chi connectivity index (χ0n) is 21.3. The van der Waals surface area contributed by atoms with Crippen molar-refractivity contribution in [2.24, 2.45) is 5.41 Å². The maximum atomic E-state index is 13.1. The summed E-state index contributed by atoms with van der Waals surface area (Å²) in [6.07, 6.45) is 2.42. The lowest BCUT2D eigenvalue weighted by molar-refractivity contribution is -0.131. The number of carbonyl (C=O) groups excluding carboxylic acids is 3. The molecule has 3 amide bonds. The number of ether oxygens (including phenoxy) is 2. The van der Waals surface area contributed by atoms with Gasteiger partial charge in [0.05, 0.1) is 18.3 Å². The van der Waals surface area contributed by atoms with Crippen LogP contribution in [0.4, 0.5) is 21.5 Å². The molecule has 204 valence electrons. The van der Waals surface area contributed by atoms with Gasteiger partial charge in [0, 0.05) is 23.0 Å². The number of anilines is 3. The molecular weight excluding hydrogens is 539 g/mol. The second kappa shape index (κ2) is 11.2. The lowest BCUT2D eigenvalue weighted by atomic mass is 10.0. The molecule has 40 heavy (non-hydrogen) atoms. The van der Waals surface area contributed by atoms with Crippen LogP contribution in [0.1, 0.15) is 12.8 Å². The van der Waals surface area contributed by atoms with Gasteiger partial charge in [-0.05, 0) is 79.6 Å². The molecule has 0 spiro atoms. The van der Waals surface area contributed by atoms with Crippen LogP contribution in [0.25, 0.3) is 10.9 Å². The summed E-state index contributed by atoms with van der Waals surface area (Å²) in [5, 5.41) is 8.82. The van der Waals surface area contributed by atoms with Crippen LogP contribution in [0, 0.1) is 11.2 Å². The largest absolute Gasteiger partial charge is 0.495 e. The highest BCUT2D eigenvalue weighted by atomic mass is 35.5. The molecule has 1 aliphatic carbocycles. The molecule has 4 aromatic rings. The quantitative estimate of drug-likeness (QED) is 0.178. The molecular formula is C29H24ClFN4O5. The number of nitrogens with one attached hydrogen (secondary N) is 3. The zero-order valence-corrected chi connectivity index (χ0v) is 22.0. The Morgan fingerprint density at radius 2 is 1.52 bits per heavy atom. The number of pyridine rings is 1. The monoisotopic (exact) mass is 562 g/mol. The average Bonchev–Trinajstić information content (AvgIpc) is 3.77. The van der Waals surface area contributed by atoms with Gasteiger partial charge in [0.2, 0.25) is 17.7 Å². The fraction of sp³-hybridized carbons (Fsp3) is 0.172. The number of nitrogens with zero attached hydrogens (tertiary/aromatic N) is 1. The molecule has 1 heterocycles. The fourth-order valence-corrected chi connectivity index (χ4v) is 4.20. The molecule has 0 saturated heterocycles. The second-order valence-electron chi connectivity index (χ2n) is 9.18. The number of alkyl halides is 1. The Morgan fingerprint density at radius 3 is 2.10 bits per heavy atom. The van der Waals surface area contributed by atoms with Gasteiger partial charge in [0.25, 0.3) is 0 Å². The second-order valence-corrected chi connectivity index (χ2v) is 9.45. The van der Waals surface area contributed by atoms with Crippen molar-refractivity contribution in [3.05, 3.63) is 78.7 Å². The standard InChI is InChI=1S/C29H24ClFN4O5/c1-39-25-14-21-22(15-23(25)35-26(36)16-30)32-13-10-24(21)40-20-8-6-19(7-9-20)34-28(38)29(11-12-29)27(37)33-18-4-2-17(31)3-5-18/h2-10,13-15H,11-12,16H2,1H3,(H,33,37)(H,34,38)(H,35,36). The summed E-state index contributed by atoms with van der Waals surface area (Å²) in [4.78, 5) is 41.9. The summed E-state index contributed by atoms with van der Waals surface area (Å²) in [6, 6.07) is 17.2. The van der Waals surface area contributed by atoms with Gasteiger partial charge in [-0.15, -0.1) is 11.6 Å². The van der Waals surface area contributed by atoms with E-state index in [0.29, 0.717) is 58.1 Å². The van der Waals surface area contributed by atoms with E-state index < -0.39 is 23.0 Å². The van der Waals surface area contributed by atoms with Crippen LogP contribution in [-0.4, -0.2) is 35.7 Å². The molecule has 1 saturated carbocycles. The Morgan fingerprint density at radius 1 is 0.900 bits per heavy atom. The fourth-order valence-electron chi connectivity index (χ4n) is 4.14. The highest BCUT2D eigenvalue weighted by Crippen LogP contribution is 2.47. The minimum Gasteiger partial charge on any atom is -0.495 e. The van der Waals surface area contributed by atoms with E-state index >= 15 is 0 Å². The molecule has 3 N–H and O–H groups in total. The molecule has 1 aliphatic rings. The number of hydrogen-bond acceptors (Lipinski definition) is 6. The molecule has 0 aliphatic heterocycles. The van der Waals surface area contributed by atoms with E-state index in [1.165, 1.54) is 31.4 Å². The molecule has 0 bridgehead atoms. The number of fused-ring (bicyclic) bond motifs is 1. The van der Waals surface area contributed by atoms with E-state index in [9.17, 15) is 18.8 Å². The van der Waals surface area contributed by atoms with Crippen molar-refractivity contribution in [2.45, 2.75) is 12.8 Å². The van der Waals surface area contributed by atoms with Gasteiger partial charge in [-0.25, -0.2) is 4.39 Å². The summed E-state index contributed by atoms with van der Waals surface area (Å²) in [6.45, 7) is 0. The summed E-state index contributed by atoms with van der Waals surface area (Å²) in [5.41, 5.74) is 0.759. The highest BCUT2D eigenvalue weighted by Gasteiger charge is 2.56. The Kier molecular flexibility index (Phi) is 7.52. The van der Waals surface area contributed by atoms with Gasteiger partial charge >= 0.3 is 0 Å². The maximum Gasteiger partial charge on any atom is 0.240 e. The van der Waals surface area contributed by atoms with Crippen LogP contribution in [-0.2, 0) is 14.4 Å². The van der Waals surface area contributed by atoms with Crippen LogP contribution in [0.3, 0.4) is 0 Å². The molecule has 11 heteroatoms. The molecule has 0 atom stereocenters. The SMILES string of the molecule is COc1cc2c(Oc3ccc(NC(=O)C4(C(=O)Nc5ccc(F)cc5)CC4)cc3)ccnc2cc1NC(=O)CCl. The van der Waals surface area contributed by atoms with Crippen molar-refractivity contribution in [2.75, 3.05) is 28.9 Å². The number of amides is 3. The first-order chi connectivity index (χ1) is 19.3. The van der Waals surface area contributed by atoms with Crippen molar-refractivity contribution in [3.8, 4) is 17.2 Å². The summed E-state index contributed by atoms with van der Waals surface area (Å²) in [7, 11) is 1.49. The minimum atomic E-state index is -1.17.